The average Bonchev–Trinajstić information content (AvgIpc) is 2.75. The Labute approximate surface area is 197 Å². The fourth-order valence-corrected chi connectivity index (χ4v) is 2.97. The Balaban J connectivity index is 2.42. The standard InChI is InChI=1S/C23H29N5O6/c1-23(2,3)34-22(31)28(26-14-29)18(12-15-8-5-6-11-19(15)32-4)20(30)33-17-10-7-9-16(13-17)27-21(24)25/h5-11,13-14,18H,12H2,1-4H3,(H,26,29)(H4,24,25,27)/t18-/m0/s1. The quantitative estimate of drug-likeness (QED) is 0.108. The van der Waals surface area contributed by atoms with Gasteiger partial charge in [-0.3, -0.25) is 15.6 Å². The van der Waals surface area contributed by atoms with Crippen molar-refractivity contribution in [2.75, 3.05) is 12.4 Å². The van der Waals surface area contributed by atoms with Crippen molar-refractivity contribution in [2.24, 2.45) is 5.73 Å². The first-order valence-corrected chi connectivity index (χ1v) is 10.3. The van der Waals surface area contributed by atoms with Gasteiger partial charge >= 0.3 is 12.1 Å². The first-order valence-electron chi connectivity index (χ1n) is 10.3. The summed E-state index contributed by atoms with van der Waals surface area (Å²) in [5.74, 6) is -0.505. The number of para-hydroxylation sites is 1. The van der Waals surface area contributed by atoms with Crippen LogP contribution in [0.1, 0.15) is 26.3 Å². The number of carbonyl (C=O) groups is 3. The van der Waals surface area contributed by atoms with Crippen LogP contribution in [0, 0.1) is 5.41 Å². The molecule has 2 amide bonds. The molecule has 0 aromatic heterocycles. The first kappa shape index (κ1) is 26.0. The zero-order chi connectivity index (χ0) is 25.3. The number of carbonyl (C=O) groups excluding carboxylic acids is 3. The zero-order valence-corrected chi connectivity index (χ0v) is 19.5. The van der Waals surface area contributed by atoms with Crippen molar-refractivity contribution < 1.29 is 28.6 Å². The van der Waals surface area contributed by atoms with E-state index in [1.807, 2.05) is 0 Å². The number of nitrogens with zero attached hydrogens (tertiary/aromatic N) is 1. The van der Waals surface area contributed by atoms with Gasteiger partial charge < -0.3 is 25.3 Å². The molecule has 0 saturated heterocycles. The number of amides is 2. The van der Waals surface area contributed by atoms with Crippen molar-refractivity contribution in [3.05, 3.63) is 54.1 Å². The van der Waals surface area contributed by atoms with Crippen molar-refractivity contribution in [1.82, 2.24) is 10.4 Å². The van der Waals surface area contributed by atoms with Crippen molar-refractivity contribution in [1.29, 1.82) is 5.41 Å². The third-order valence-corrected chi connectivity index (χ3v) is 4.30. The molecule has 34 heavy (non-hydrogen) atoms. The van der Waals surface area contributed by atoms with Crippen molar-refractivity contribution in [2.45, 2.75) is 38.8 Å². The number of methoxy groups -OCH3 is 1. The third kappa shape index (κ3) is 7.69. The molecule has 2 rings (SSSR count). The minimum atomic E-state index is -1.30. The van der Waals surface area contributed by atoms with Crippen LogP contribution in [0.3, 0.4) is 0 Å². The van der Waals surface area contributed by atoms with Crippen LogP contribution in [0.4, 0.5) is 10.5 Å². The summed E-state index contributed by atoms with van der Waals surface area (Å²) in [6.07, 6.45) is -0.721. The van der Waals surface area contributed by atoms with E-state index in [1.54, 1.807) is 57.2 Å². The maximum Gasteiger partial charge on any atom is 0.430 e. The number of nitrogens with one attached hydrogen (secondary N) is 3. The van der Waals surface area contributed by atoms with Gasteiger partial charge in [0, 0.05) is 18.2 Å². The summed E-state index contributed by atoms with van der Waals surface area (Å²) in [4.78, 5) is 37.5. The first-order chi connectivity index (χ1) is 16.0. The molecule has 0 bridgehead atoms. The van der Waals surface area contributed by atoms with Crippen LogP contribution >= 0.6 is 0 Å². The Kier molecular flexibility index (Phi) is 8.82. The van der Waals surface area contributed by atoms with Crippen molar-refractivity contribution in [3.63, 3.8) is 0 Å². The second-order valence-electron chi connectivity index (χ2n) is 8.12. The molecule has 11 nitrogen and oxygen atoms in total. The van der Waals surface area contributed by atoms with Crippen LogP contribution in [0.5, 0.6) is 11.5 Å². The summed E-state index contributed by atoms with van der Waals surface area (Å²) >= 11 is 0. The van der Waals surface area contributed by atoms with Gasteiger partial charge in [0.1, 0.15) is 17.1 Å². The predicted molar refractivity (Wildman–Crippen MR) is 125 cm³/mol. The minimum absolute atomic E-state index is 0.0473. The van der Waals surface area contributed by atoms with Crippen molar-refractivity contribution in [3.8, 4) is 11.5 Å². The highest BCUT2D eigenvalue weighted by Gasteiger charge is 2.35. The molecule has 0 heterocycles. The smallest absolute Gasteiger partial charge is 0.430 e. The number of hydrazine groups is 1. The number of hydrogen-bond acceptors (Lipinski definition) is 7. The molecule has 2 aromatic carbocycles. The Morgan fingerprint density at radius 2 is 1.88 bits per heavy atom. The predicted octanol–water partition coefficient (Wildman–Crippen LogP) is 2.42. The molecule has 2 aromatic rings. The van der Waals surface area contributed by atoms with E-state index in [1.165, 1.54) is 19.2 Å². The number of hydrogen-bond donors (Lipinski definition) is 4. The number of rotatable bonds is 9. The summed E-state index contributed by atoms with van der Waals surface area (Å²) in [5, 5.41) is 10.7. The SMILES string of the molecule is COc1ccccc1C[C@@H](C(=O)Oc1cccc(NC(=N)N)c1)N(NC=O)C(=O)OC(C)(C)C. The van der Waals surface area contributed by atoms with Gasteiger partial charge in [-0.05, 0) is 44.5 Å². The Bertz CT molecular complexity index is 1040. The normalized spacial score (nSPS) is 11.5. The van der Waals surface area contributed by atoms with Crippen LogP contribution in [-0.2, 0) is 20.7 Å². The molecule has 1 atom stereocenters. The van der Waals surface area contributed by atoms with Gasteiger partial charge in [0.15, 0.2) is 12.0 Å². The van der Waals surface area contributed by atoms with Crippen LogP contribution < -0.4 is 25.9 Å². The topological polar surface area (TPSA) is 156 Å². The molecule has 0 fully saturated rings. The maximum atomic E-state index is 13.3. The molecule has 0 unspecified atom stereocenters. The number of benzene rings is 2. The van der Waals surface area contributed by atoms with E-state index in [0.29, 0.717) is 17.0 Å². The molecule has 182 valence electrons. The fourth-order valence-electron chi connectivity index (χ4n) is 2.97. The van der Waals surface area contributed by atoms with Crippen molar-refractivity contribution >= 4 is 30.1 Å². The molecular weight excluding hydrogens is 442 g/mol. The molecule has 0 saturated carbocycles. The lowest BCUT2D eigenvalue weighted by atomic mass is 10.0. The number of ether oxygens (including phenoxy) is 3. The van der Waals surface area contributed by atoms with E-state index in [0.717, 1.165) is 5.01 Å². The van der Waals surface area contributed by atoms with Gasteiger partial charge in [-0.1, -0.05) is 24.3 Å². The number of guanidine groups is 1. The van der Waals surface area contributed by atoms with E-state index in [4.69, 9.17) is 25.4 Å². The number of nitrogens with two attached hydrogens (primary N) is 1. The average molecular weight is 472 g/mol. The van der Waals surface area contributed by atoms with Gasteiger partial charge in [0.2, 0.25) is 6.41 Å². The number of esters is 1. The van der Waals surface area contributed by atoms with Crippen LogP contribution in [0.2, 0.25) is 0 Å². The van der Waals surface area contributed by atoms with Gasteiger partial charge in [-0.15, -0.1) is 0 Å². The molecule has 0 aliphatic rings. The van der Waals surface area contributed by atoms with E-state index < -0.39 is 23.7 Å². The third-order valence-electron chi connectivity index (χ3n) is 4.30. The van der Waals surface area contributed by atoms with Gasteiger partial charge in [-0.2, -0.15) is 0 Å². The Morgan fingerprint density at radius 3 is 2.50 bits per heavy atom. The lowest BCUT2D eigenvalue weighted by molar-refractivity contribution is -0.142. The maximum absolute atomic E-state index is 13.3. The highest BCUT2D eigenvalue weighted by Crippen LogP contribution is 2.23. The van der Waals surface area contributed by atoms with Gasteiger partial charge in [-0.25, -0.2) is 14.6 Å². The number of anilines is 1. The lowest BCUT2D eigenvalue weighted by Gasteiger charge is -2.31. The van der Waals surface area contributed by atoms with Crippen LogP contribution in [-0.4, -0.2) is 48.2 Å². The fraction of sp³-hybridized carbons (Fsp3) is 0.304. The molecule has 0 radical (unpaired) electrons. The minimum Gasteiger partial charge on any atom is -0.496 e. The van der Waals surface area contributed by atoms with Crippen LogP contribution in [0.15, 0.2) is 48.5 Å². The molecule has 0 aliphatic carbocycles. The molecule has 5 N–H and O–H groups in total. The second-order valence-corrected chi connectivity index (χ2v) is 8.12. The van der Waals surface area contributed by atoms with E-state index >= 15 is 0 Å². The molecule has 0 aliphatic heterocycles. The largest absolute Gasteiger partial charge is 0.496 e. The molecule has 0 spiro atoms. The summed E-state index contributed by atoms with van der Waals surface area (Å²) in [5.41, 5.74) is 7.73. The summed E-state index contributed by atoms with van der Waals surface area (Å²) in [6.45, 7) is 4.97. The van der Waals surface area contributed by atoms with E-state index in [9.17, 15) is 14.4 Å². The summed E-state index contributed by atoms with van der Waals surface area (Å²) in [7, 11) is 1.48. The zero-order valence-electron chi connectivity index (χ0n) is 19.5. The summed E-state index contributed by atoms with van der Waals surface area (Å²) in [6, 6.07) is 11.9. The second kappa shape index (κ2) is 11.5. The van der Waals surface area contributed by atoms with Gasteiger partial charge in [0.05, 0.1) is 7.11 Å². The molecule has 11 heteroatoms. The van der Waals surface area contributed by atoms with E-state index in [-0.39, 0.29) is 24.5 Å². The monoisotopic (exact) mass is 471 g/mol. The molecular formula is C23H29N5O6. The highest BCUT2D eigenvalue weighted by atomic mass is 16.6. The lowest BCUT2D eigenvalue weighted by Crippen LogP contribution is -2.55. The highest BCUT2D eigenvalue weighted by molar-refractivity contribution is 5.90. The van der Waals surface area contributed by atoms with Crippen LogP contribution in [0.25, 0.3) is 0 Å². The van der Waals surface area contributed by atoms with Gasteiger partial charge in [0.25, 0.3) is 0 Å². The van der Waals surface area contributed by atoms with E-state index in [2.05, 4.69) is 10.7 Å². The Hall–Kier alpha value is -4.28. The Morgan fingerprint density at radius 1 is 1.18 bits per heavy atom. The summed E-state index contributed by atoms with van der Waals surface area (Å²) < 4.78 is 16.2.